The van der Waals surface area contributed by atoms with Gasteiger partial charge in [-0.2, -0.15) is 0 Å². The minimum absolute atomic E-state index is 0. The fraction of sp³-hybridized carbons (Fsp3) is 0.600. The SMILES string of the molecule is CCOc1ccc(CN2CCC(C)(CN)C2)cc1F.Cl. The first-order valence-corrected chi connectivity index (χ1v) is 6.90. The predicted octanol–water partition coefficient (Wildman–Crippen LogP) is 2.82. The first-order valence-electron chi connectivity index (χ1n) is 6.90. The molecule has 1 saturated heterocycles. The lowest BCUT2D eigenvalue weighted by molar-refractivity contribution is 0.273. The predicted molar refractivity (Wildman–Crippen MR) is 81.9 cm³/mol. The zero-order valence-corrected chi connectivity index (χ0v) is 13.0. The van der Waals surface area contributed by atoms with Crippen molar-refractivity contribution in [1.82, 2.24) is 4.90 Å². The molecule has 3 nitrogen and oxygen atoms in total. The lowest BCUT2D eigenvalue weighted by Gasteiger charge is -2.22. The Hall–Kier alpha value is -0.840. The molecular weight excluding hydrogens is 279 g/mol. The monoisotopic (exact) mass is 302 g/mol. The van der Waals surface area contributed by atoms with Crippen LogP contribution in [0.15, 0.2) is 18.2 Å². The van der Waals surface area contributed by atoms with Gasteiger partial charge in [-0.3, -0.25) is 4.90 Å². The number of hydrogen-bond donors (Lipinski definition) is 1. The van der Waals surface area contributed by atoms with Gasteiger partial charge in [-0.1, -0.05) is 13.0 Å². The van der Waals surface area contributed by atoms with Crippen molar-refractivity contribution in [2.45, 2.75) is 26.8 Å². The molecule has 1 aromatic carbocycles. The molecule has 0 bridgehead atoms. The Balaban J connectivity index is 0.00000200. The van der Waals surface area contributed by atoms with Crippen molar-refractivity contribution in [2.24, 2.45) is 11.1 Å². The van der Waals surface area contributed by atoms with Crippen LogP contribution in [0.3, 0.4) is 0 Å². The van der Waals surface area contributed by atoms with E-state index in [9.17, 15) is 4.39 Å². The zero-order chi connectivity index (χ0) is 13.9. The van der Waals surface area contributed by atoms with Gasteiger partial charge in [0.15, 0.2) is 11.6 Å². The summed E-state index contributed by atoms with van der Waals surface area (Å²) in [6, 6.07) is 5.22. The molecule has 1 aliphatic rings. The lowest BCUT2D eigenvalue weighted by atomic mass is 9.90. The van der Waals surface area contributed by atoms with E-state index in [1.807, 2.05) is 13.0 Å². The molecule has 1 unspecified atom stereocenters. The average Bonchev–Trinajstić information content (AvgIpc) is 2.75. The van der Waals surface area contributed by atoms with Crippen LogP contribution >= 0.6 is 12.4 Å². The molecule has 1 atom stereocenters. The second-order valence-corrected chi connectivity index (χ2v) is 5.67. The molecule has 5 heteroatoms. The number of nitrogens with zero attached hydrogens (tertiary/aromatic N) is 1. The van der Waals surface area contributed by atoms with E-state index in [4.69, 9.17) is 10.5 Å². The van der Waals surface area contributed by atoms with Gasteiger partial charge in [-0.05, 0) is 49.5 Å². The number of nitrogens with two attached hydrogens (primary N) is 1. The highest BCUT2D eigenvalue weighted by Crippen LogP contribution is 2.30. The smallest absolute Gasteiger partial charge is 0.165 e. The summed E-state index contributed by atoms with van der Waals surface area (Å²) in [4.78, 5) is 2.34. The van der Waals surface area contributed by atoms with Crippen LogP contribution in [0.5, 0.6) is 5.75 Å². The fourth-order valence-corrected chi connectivity index (χ4v) is 2.60. The number of halogens is 2. The third-order valence-electron chi connectivity index (χ3n) is 3.83. The first kappa shape index (κ1) is 17.2. The van der Waals surface area contributed by atoms with E-state index < -0.39 is 0 Å². The molecule has 0 spiro atoms. The van der Waals surface area contributed by atoms with Crippen molar-refractivity contribution in [3.8, 4) is 5.75 Å². The highest BCUT2D eigenvalue weighted by molar-refractivity contribution is 5.85. The van der Waals surface area contributed by atoms with Crippen molar-refractivity contribution in [3.05, 3.63) is 29.6 Å². The van der Waals surface area contributed by atoms with Crippen LogP contribution < -0.4 is 10.5 Å². The van der Waals surface area contributed by atoms with E-state index in [-0.39, 0.29) is 23.6 Å². The summed E-state index contributed by atoms with van der Waals surface area (Å²) >= 11 is 0. The Morgan fingerprint density at radius 1 is 1.45 bits per heavy atom. The second kappa shape index (κ2) is 7.25. The fourth-order valence-electron chi connectivity index (χ4n) is 2.60. The standard InChI is InChI=1S/C15H23FN2O.ClH/c1-3-19-14-5-4-12(8-13(14)16)9-18-7-6-15(2,10-17)11-18;/h4-5,8H,3,6-7,9-11,17H2,1-2H3;1H. The molecule has 1 heterocycles. The van der Waals surface area contributed by atoms with Gasteiger partial charge in [0, 0.05) is 13.1 Å². The lowest BCUT2D eigenvalue weighted by Crippen LogP contribution is -2.31. The Bertz CT molecular complexity index is 444. The van der Waals surface area contributed by atoms with Gasteiger partial charge < -0.3 is 10.5 Å². The Morgan fingerprint density at radius 3 is 2.75 bits per heavy atom. The summed E-state index contributed by atoms with van der Waals surface area (Å²) in [5.74, 6) is 0.0552. The second-order valence-electron chi connectivity index (χ2n) is 5.67. The van der Waals surface area contributed by atoms with Gasteiger partial charge in [0.25, 0.3) is 0 Å². The number of likely N-dealkylation sites (tertiary alicyclic amines) is 1. The van der Waals surface area contributed by atoms with Crippen LogP contribution in [0.25, 0.3) is 0 Å². The van der Waals surface area contributed by atoms with Gasteiger partial charge in [-0.15, -0.1) is 12.4 Å². The van der Waals surface area contributed by atoms with Crippen molar-refractivity contribution >= 4 is 12.4 Å². The maximum atomic E-state index is 13.8. The van der Waals surface area contributed by atoms with Crippen LogP contribution in [0.4, 0.5) is 4.39 Å². The molecule has 0 amide bonds. The van der Waals surface area contributed by atoms with Crippen LogP contribution in [-0.4, -0.2) is 31.1 Å². The number of rotatable bonds is 5. The molecule has 0 aromatic heterocycles. The number of hydrogen-bond acceptors (Lipinski definition) is 3. The molecule has 1 fully saturated rings. The minimum atomic E-state index is -0.278. The molecular formula is C15H24ClFN2O. The Labute approximate surface area is 126 Å². The van der Waals surface area contributed by atoms with Gasteiger partial charge in [-0.25, -0.2) is 4.39 Å². The van der Waals surface area contributed by atoms with Crippen molar-refractivity contribution < 1.29 is 9.13 Å². The van der Waals surface area contributed by atoms with Crippen molar-refractivity contribution in [3.63, 3.8) is 0 Å². The highest BCUT2D eigenvalue weighted by Gasteiger charge is 2.32. The Kier molecular flexibility index (Phi) is 6.24. The molecule has 2 N–H and O–H groups in total. The summed E-state index contributed by atoms with van der Waals surface area (Å²) in [6.45, 7) is 8.05. The molecule has 1 aromatic rings. The summed E-state index contributed by atoms with van der Waals surface area (Å²) < 4.78 is 19.0. The van der Waals surface area contributed by atoms with E-state index in [1.165, 1.54) is 0 Å². The third kappa shape index (κ3) is 4.08. The molecule has 0 radical (unpaired) electrons. The van der Waals surface area contributed by atoms with Crippen LogP contribution in [0.2, 0.25) is 0 Å². The minimum Gasteiger partial charge on any atom is -0.491 e. The maximum absolute atomic E-state index is 13.8. The van der Waals surface area contributed by atoms with Gasteiger partial charge in [0.05, 0.1) is 6.61 Å². The summed E-state index contributed by atoms with van der Waals surface area (Å²) in [7, 11) is 0. The zero-order valence-electron chi connectivity index (χ0n) is 12.2. The maximum Gasteiger partial charge on any atom is 0.165 e. The average molecular weight is 303 g/mol. The van der Waals surface area contributed by atoms with Gasteiger partial charge in [0.1, 0.15) is 0 Å². The molecule has 0 saturated carbocycles. The van der Waals surface area contributed by atoms with Crippen molar-refractivity contribution in [2.75, 3.05) is 26.2 Å². The van der Waals surface area contributed by atoms with Gasteiger partial charge in [0.2, 0.25) is 0 Å². The van der Waals surface area contributed by atoms with Crippen LogP contribution in [0, 0.1) is 11.2 Å². The highest BCUT2D eigenvalue weighted by atomic mass is 35.5. The first-order chi connectivity index (χ1) is 9.06. The summed E-state index contributed by atoms with van der Waals surface area (Å²) in [5, 5.41) is 0. The molecule has 20 heavy (non-hydrogen) atoms. The number of benzene rings is 1. The normalized spacial score (nSPS) is 22.6. The molecule has 114 valence electrons. The summed E-state index contributed by atoms with van der Waals surface area (Å²) in [5.41, 5.74) is 7.00. The van der Waals surface area contributed by atoms with Crippen LogP contribution in [0.1, 0.15) is 25.8 Å². The van der Waals surface area contributed by atoms with E-state index in [0.29, 0.717) is 18.9 Å². The van der Waals surface area contributed by atoms with Crippen LogP contribution in [-0.2, 0) is 6.54 Å². The Morgan fingerprint density at radius 2 is 2.20 bits per heavy atom. The quantitative estimate of drug-likeness (QED) is 0.909. The van der Waals surface area contributed by atoms with E-state index in [2.05, 4.69) is 11.8 Å². The van der Waals surface area contributed by atoms with E-state index in [0.717, 1.165) is 31.6 Å². The van der Waals surface area contributed by atoms with Gasteiger partial charge >= 0.3 is 0 Å². The topological polar surface area (TPSA) is 38.5 Å². The van der Waals surface area contributed by atoms with Crippen molar-refractivity contribution in [1.29, 1.82) is 0 Å². The molecule has 2 rings (SSSR count). The molecule has 0 aliphatic carbocycles. The largest absolute Gasteiger partial charge is 0.491 e. The summed E-state index contributed by atoms with van der Waals surface area (Å²) in [6.07, 6.45) is 1.11. The number of ether oxygens (including phenoxy) is 1. The third-order valence-corrected chi connectivity index (χ3v) is 3.83. The van der Waals surface area contributed by atoms with E-state index in [1.54, 1.807) is 12.1 Å². The molecule has 1 aliphatic heterocycles. The van der Waals surface area contributed by atoms with E-state index >= 15 is 0 Å².